The lowest BCUT2D eigenvalue weighted by Crippen LogP contribution is -2.40. The Hall–Kier alpha value is -0.880. The first-order chi connectivity index (χ1) is 8.50. The molecule has 0 amide bonds. The molecule has 1 aliphatic rings. The largest absolute Gasteiger partial charge is 0.388 e. The standard InChI is InChI=1S/C12H18BrN3O2/c1-8-2-4-12(18,5-3-8)6-14-10-9(13)11(17)16-7-15-10/h7-8,18H,2-6H2,1H3,(H2,14,15,16,17). The van der Waals surface area contributed by atoms with Crippen LogP contribution in [0.25, 0.3) is 0 Å². The van der Waals surface area contributed by atoms with Gasteiger partial charge in [0.2, 0.25) is 0 Å². The second-order valence-corrected chi connectivity index (χ2v) is 5.95. The number of nitrogens with one attached hydrogen (secondary N) is 2. The topological polar surface area (TPSA) is 78.0 Å². The van der Waals surface area contributed by atoms with Gasteiger partial charge in [0.15, 0.2) is 0 Å². The highest BCUT2D eigenvalue weighted by Crippen LogP contribution is 2.32. The van der Waals surface area contributed by atoms with Crippen LogP contribution in [-0.2, 0) is 0 Å². The van der Waals surface area contributed by atoms with Crippen LogP contribution in [-0.4, -0.2) is 27.2 Å². The zero-order valence-electron chi connectivity index (χ0n) is 10.4. The molecule has 1 heterocycles. The number of hydrogen-bond donors (Lipinski definition) is 3. The number of aromatic amines is 1. The average Bonchev–Trinajstić information content (AvgIpc) is 2.35. The third-order valence-corrected chi connectivity index (χ3v) is 4.32. The van der Waals surface area contributed by atoms with Crippen LogP contribution in [0.2, 0.25) is 0 Å². The molecule has 1 fully saturated rings. The van der Waals surface area contributed by atoms with Gasteiger partial charge in [-0.3, -0.25) is 4.79 Å². The minimum Gasteiger partial charge on any atom is -0.388 e. The summed E-state index contributed by atoms with van der Waals surface area (Å²) in [6, 6.07) is 0. The van der Waals surface area contributed by atoms with E-state index < -0.39 is 5.60 Å². The highest BCUT2D eigenvalue weighted by atomic mass is 79.9. The van der Waals surface area contributed by atoms with Crippen LogP contribution in [0.1, 0.15) is 32.6 Å². The molecular formula is C12H18BrN3O2. The van der Waals surface area contributed by atoms with Gasteiger partial charge in [0, 0.05) is 6.54 Å². The van der Waals surface area contributed by atoms with E-state index in [2.05, 4.69) is 38.1 Å². The zero-order valence-corrected chi connectivity index (χ0v) is 12.0. The number of anilines is 1. The molecule has 6 heteroatoms. The van der Waals surface area contributed by atoms with Crippen LogP contribution >= 0.6 is 15.9 Å². The fraction of sp³-hybridized carbons (Fsp3) is 0.667. The molecule has 0 unspecified atom stereocenters. The zero-order chi connectivity index (χ0) is 13.2. The molecule has 1 saturated carbocycles. The lowest BCUT2D eigenvalue weighted by Gasteiger charge is -2.35. The van der Waals surface area contributed by atoms with Crippen molar-refractivity contribution in [3.8, 4) is 0 Å². The second kappa shape index (κ2) is 5.40. The van der Waals surface area contributed by atoms with Gasteiger partial charge in [0.25, 0.3) is 5.56 Å². The predicted octanol–water partition coefficient (Wildman–Crippen LogP) is 1.89. The molecule has 0 saturated heterocycles. The maximum atomic E-state index is 11.4. The van der Waals surface area contributed by atoms with Gasteiger partial charge in [-0.2, -0.15) is 0 Å². The van der Waals surface area contributed by atoms with E-state index in [1.807, 2.05) is 0 Å². The number of rotatable bonds is 3. The van der Waals surface area contributed by atoms with E-state index in [1.165, 1.54) is 6.33 Å². The van der Waals surface area contributed by atoms with Crippen LogP contribution in [0.4, 0.5) is 5.82 Å². The van der Waals surface area contributed by atoms with Crippen molar-refractivity contribution in [3.05, 3.63) is 21.2 Å². The van der Waals surface area contributed by atoms with Crippen molar-refractivity contribution in [1.82, 2.24) is 9.97 Å². The second-order valence-electron chi connectivity index (χ2n) is 5.15. The van der Waals surface area contributed by atoms with Gasteiger partial charge >= 0.3 is 0 Å². The van der Waals surface area contributed by atoms with E-state index >= 15 is 0 Å². The summed E-state index contributed by atoms with van der Waals surface area (Å²) < 4.78 is 0.373. The Balaban J connectivity index is 1.99. The maximum Gasteiger partial charge on any atom is 0.267 e. The minimum absolute atomic E-state index is 0.225. The molecule has 0 aromatic carbocycles. The highest BCUT2D eigenvalue weighted by Gasteiger charge is 2.31. The van der Waals surface area contributed by atoms with Gasteiger partial charge < -0.3 is 15.4 Å². The highest BCUT2D eigenvalue weighted by molar-refractivity contribution is 9.10. The first-order valence-corrected chi connectivity index (χ1v) is 6.99. The molecule has 0 spiro atoms. The number of aromatic nitrogens is 2. The molecule has 100 valence electrons. The van der Waals surface area contributed by atoms with Crippen LogP contribution in [0.3, 0.4) is 0 Å². The van der Waals surface area contributed by atoms with Crippen LogP contribution in [0.5, 0.6) is 0 Å². The van der Waals surface area contributed by atoms with Gasteiger partial charge in [0.1, 0.15) is 10.3 Å². The summed E-state index contributed by atoms with van der Waals surface area (Å²) in [4.78, 5) is 17.9. The predicted molar refractivity (Wildman–Crippen MR) is 73.6 cm³/mol. The Bertz CT molecular complexity index is 467. The van der Waals surface area contributed by atoms with E-state index in [4.69, 9.17) is 0 Å². The summed E-state index contributed by atoms with van der Waals surface area (Å²) in [7, 11) is 0. The third kappa shape index (κ3) is 3.11. The molecule has 1 aromatic heterocycles. The van der Waals surface area contributed by atoms with Crippen molar-refractivity contribution < 1.29 is 5.11 Å². The number of hydrogen-bond acceptors (Lipinski definition) is 4. The summed E-state index contributed by atoms with van der Waals surface area (Å²) in [5, 5.41) is 13.5. The Labute approximate surface area is 114 Å². The summed E-state index contributed by atoms with van der Waals surface area (Å²) in [5.74, 6) is 1.17. The molecular weight excluding hydrogens is 298 g/mol. The minimum atomic E-state index is -0.684. The Morgan fingerprint density at radius 1 is 1.61 bits per heavy atom. The average molecular weight is 316 g/mol. The summed E-state index contributed by atoms with van der Waals surface area (Å²) in [6.07, 6.45) is 5.02. The number of halogens is 1. The lowest BCUT2D eigenvalue weighted by molar-refractivity contribution is 0.00493. The third-order valence-electron chi connectivity index (χ3n) is 3.59. The maximum absolute atomic E-state index is 11.4. The van der Waals surface area contributed by atoms with Crippen LogP contribution < -0.4 is 10.9 Å². The number of nitrogens with zero attached hydrogens (tertiary/aromatic N) is 1. The molecule has 3 N–H and O–H groups in total. The smallest absolute Gasteiger partial charge is 0.267 e. The van der Waals surface area contributed by atoms with Crippen molar-refractivity contribution in [2.45, 2.75) is 38.2 Å². The first-order valence-electron chi connectivity index (χ1n) is 6.20. The van der Waals surface area contributed by atoms with Crippen molar-refractivity contribution >= 4 is 21.7 Å². The molecule has 5 nitrogen and oxygen atoms in total. The molecule has 2 rings (SSSR count). The fourth-order valence-corrected chi connectivity index (χ4v) is 2.59. The molecule has 1 aliphatic carbocycles. The molecule has 18 heavy (non-hydrogen) atoms. The SMILES string of the molecule is CC1CCC(O)(CNc2nc[nH]c(=O)c2Br)CC1. The van der Waals surface area contributed by atoms with E-state index in [9.17, 15) is 9.90 Å². The van der Waals surface area contributed by atoms with Crippen molar-refractivity contribution in [2.24, 2.45) is 5.92 Å². The van der Waals surface area contributed by atoms with Gasteiger partial charge in [-0.15, -0.1) is 0 Å². The molecule has 0 atom stereocenters. The first kappa shape index (κ1) is 13.5. The van der Waals surface area contributed by atoms with Gasteiger partial charge in [0.05, 0.1) is 11.9 Å². The number of H-pyrrole nitrogens is 1. The monoisotopic (exact) mass is 315 g/mol. The lowest BCUT2D eigenvalue weighted by atomic mass is 9.79. The Morgan fingerprint density at radius 2 is 2.28 bits per heavy atom. The fourth-order valence-electron chi connectivity index (χ4n) is 2.23. The molecule has 0 bridgehead atoms. The van der Waals surface area contributed by atoms with Crippen molar-refractivity contribution in [3.63, 3.8) is 0 Å². The summed E-state index contributed by atoms with van der Waals surface area (Å²) in [6.45, 7) is 2.64. The van der Waals surface area contributed by atoms with Crippen LogP contribution in [0.15, 0.2) is 15.6 Å². The summed E-state index contributed by atoms with van der Waals surface area (Å²) >= 11 is 3.18. The normalized spacial score (nSPS) is 28.1. The van der Waals surface area contributed by atoms with Crippen LogP contribution in [0, 0.1) is 5.92 Å². The molecule has 1 aromatic rings. The van der Waals surface area contributed by atoms with Crippen molar-refractivity contribution in [2.75, 3.05) is 11.9 Å². The van der Waals surface area contributed by atoms with Crippen molar-refractivity contribution in [1.29, 1.82) is 0 Å². The molecule has 0 radical (unpaired) electrons. The van der Waals surface area contributed by atoms with Gasteiger partial charge in [-0.25, -0.2) is 4.98 Å². The van der Waals surface area contributed by atoms with Gasteiger partial charge in [-0.1, -0.05) is 6.92 Å². The van der Waals surface area contributed by atoms with E-state index in [0.29, 0.717) is 22.8 Å². The Morgan fingerprint density at radius 3 is 2.94 bits per heavy atom. The Kier molecular flexibility index (Phi) is 4.07. The van der Waals surface area contributed by atoms with Gasteiger partial charge in [-0.05, 0) is 47.5 Å². The van der Waals surface area contributed by atoms with E-state index in [0.717, 1.165) is 25.7 Å². The van der Waals surface area contributed by atoms with E-state index in [-0.39, 0.29) is 5.56 Å². The van der Waals surface area contributed by atoms with E-state index in [1.54, 1.807) is 0 Å². The quantitative estimate of drug-likeness (QED) is 0.796. The summed E-state index contributed by atoms with van der Waals surface area (Å²) in [5.41, 5.74) is -0.910. The molecule has 0 aliphatic heterocycles. The number of aliphatic hydroxyl groups is 1.